The highest BCUT2D eigenvalue weighted by atomic mass is 79.9. The summed E-state index contributed by atoms with van der Waals surface area (Å²) in [6.07, 6.45) is 0. The van der Waals surface area contributed by atoms with Crippen molar-refractivity contribution in [3.05, 3.63) is 57.8 Å². The molecule has 0 spiro atoms. The van der Waals surface area contributed by atoms with Crippen LogP contribution in [0.2, 0.25) is 0 Å². The number of rotatable bonds is 3. The Hall–Kier alpha value is -1.88. The summed E-state index contributed by atoms with van der Waals surface area (Å²) in [5, 5.41) is 7.51. The van der Waals surface area contributed by atoms with Crippen LogP contribution in [0, 0.1) is 18.2 Å². The number of benzene rings is 2. The summed E-state index contributed by atoms with van der Waals surface area (Å²) in [7, 11) is 0. The minimum absolute atomic E-state index is 0.0902. The molecule has 5 heteroatoms. The molecule has 3 nitrogen and oxygen atoms in total. The number of ether oxygens (including phenoxy) is 1. The fraction of sp³-hybridized carbons (Fsp3) is 0.0714. The summed E-state index contributed by atoms with van der Waals surface area (Å²) < 4.78 is 19.4. The van der Waals surface area contributed by atoms with Gasteiger partial charge in [0.1, 0.15) is 23.2 Å². The van der Waals surface area contributed by atoms with Crippen LogP contribution in [0.4, 0.5) is 4.39 Å². The largest absolute Gasteiger partial charge is 0.456 e. The van der Waals surface area contributed by atoms with E-state index in [9.17, 15) is 4.39 Å². The summed E-state index contributed by atoms with van der Waals surface area (Å²) in [5.41, 5.74) is 6.94. The molecule has 0 aromatic heterocycles. The number of amidine groups is 1. The number of halogens is 2. The first-order chi connectivity index (χ1) is 8.97. The Morgan fingerprint density at radius 2 is 2.00 bits per heavy atom. The molecule has 0 amide bonds. The van der Waals surface area contributed by atoms with Crippen LogP contribution < -0.4 is 10.5 Å². The molecule has 0 heterocycles. The minimum Gasteiger partial charge on any atom is -0.456 e. The van der Waals surface area contributed by atoms with Gasteiger partial charge in [0.2, 0.25) is 0 Å². The number of hydrogen-bond acceptors (Lipinski definition) is 2. The molecule has 0 aliphatic rings. The van der Waals surface area contributed by atoms with Crippen LogP contribution in [0.15, 0.2) is 40.9 Å². The smallest absolute Gasteiger partial charge is 0.141 e. The van der Waals surface area contributed by atoms with Gasteiger partial charge in [0, 0.05) is 6.07 Å². The Bertz CT molecular complexity index is 643. The normalized spacial score (nSPS) is 10.3. The number of nitrogen functional groups attached to an aromatic ring is 1. The Morgan fingerprint density at radius 1 is 1.26 bits per heavy atom. The molecule has 98 valence electrons. The van der Waals surface area contributed by atoms with Gasteiger partial charge < -0.3 is 10.5 Å². The summed E-state index contributed by atoms with van der Waals surface area (Å²) in [4.78, 5) is 0. The second-order valence-corrected chi connectivity index (χ2v) is 4.95. The zero-order chi connectivity index (χ0) is 14.0. The zero-order valence-corrected chi connectivity index (χ0v) is 11.8. The van der Waals surface area contributed by atoms with Gasteiger partial charge in [0.05, 0.1) is 10.0 Å². The van der Waals surface area contributed by atoms with Crippen molar-refractivity contribution in [3.63, 3.8) is 0 Å². The highest BCUT2D eigenvalue weighted by Crippen LogP contribution is 2.28. The van der Waals surface area contributed by atoms with E-state index in [1.54, 1.807) is 24.3 Å². The molecular formula is C14H12BrFN2O. The van der Waals surface area contributed by atoms with Gasteiger partial charge in [0.25, 0.3) is 0 Å². The van der Waals surface area contributed by atoms with Crippen LogP contribution in [0.25, 0.3) is 0 Å². The van der Waals surface area contributed by atoms with E-state index in [0.29, 0.717) is 21.5 Å². The molecule has 0 aliphatic heterocycles. The molecule has 0 bridgehead atoms. The lowest BCUT2D eigenvalue weighted by atomic mass is 10.1. The molecule has 0 unspecified atom stereocenters. The van der Waals surface area contributed by atoms with E-state index >= 15 is 0 Å². The zero-order valence-electron chi connectivity index (χ0n) is 10.2. The first-order valence-electron chi connectivity index (χ1n) is 5.55. The summed E-state index contributed by atoms with van der Waals surface area (Å²) in [5.74, 6) is 0.296. The third kappa shape index (κ3) is 3.12. The Morgan fingerprint density at radius 3 is 2.63 bits per heavy atom. The second-order valence-electron chi connectivity index (χ2n) is 4.09. The number of nitrogens with one attached hydrogen (secondary N) is 1. The first kappa shape index (κ1) is 13.5. The highest BCUT2D eigenvalue weighted by Gasteiger charge is 2.09. The molecule has 2 aromatic rings. The van der Waals surface area contributed by atoms with Crippen LogP contribution in [0.5, 0.6) is 11.5 Å². The Balaban J connectivity index is 2.39. The van der Waals surface area contributed by atoms with Crippen molar-refractivity contribution in [1.29, 1.82) is 5.41 Å². The van der Waals surface area contributed by atoms with Crippen LogP contribution in [0.1, 0.15) is 11.1 Å². The van der Waals surface area contributed by atoms with Gasteiger partial charge in [-0.25, -0.2) is 4.39 Å². The molecule has 2 aromatic carbocycles. The molecular weight excluding hydrogens is 311 g/mol. The van der Waals surface area contributed by atoms with E-state index in [0.717, 1.165) is 5.56 Å². The van der Waals surface area contributed by atoms with E-state index in [-0.39, 0.29) is 5.84 Å². The minimum atomic E-state index is -0.408. The van der Waals surface area contributed by atoms with Crippen LogP contribution in [0.3, 0.4) is 0 Å². The molecule has 0 radical (unpaired) electrons. The molecule has 0 saturated carbocycles. The maximum absolute atomic E-state index is 13.4. The molecule has 19 heavy (non-hydrogen) atoms. The van der Waals surface area contributed by atoms with E-state index < -0.39 is 5.82 Å². The van der Waals surface area contributed by atoms with Crippen molar-refractivity contribution < 1.29 is 9.13 Å². The van der Waals surface area contributed by atoms with E-state index in [4.69, 9.17) is 15.9 Å². The van der Waals surface area contributed by atoms with Gasteiger partial charge in [-0.15, -0.1) is 0 Å². The van der Waals surface area contributed by atoms with E-state index in [2.05, 4.69) is 15.9 Å². The third-order valence-corrected chi connectivity index (χ3v) is 3.19. The summed E-state index contributed by atoms with van der Waals surface area (Å²) in [6.45, 7) is 1.90. The van der Waals surface area contributed by atoms with E-state index in [1.807, 2.05) is 13.0 Å². The molecule has 3 N–H and O–H groups in total. The predicted octanol–water partition coefficient (Wildman–Crippen LogP) is 3.97. The number of aryl methyl sites for hydroxylation is 1. The first-order valence-corrected chi connectivity index (χ1v) is 6.34. The average molecular weight is 323 g/mol. The average Bonchev–Trinajstić information content (AvgIpc) is 2.33. The standard InChI is InChI=1S/C14H12BrFN2O/c1-8-2-4-10(14(17)18)13(6-8)19-9-3-5-11(15)12(16)7-9/h2-7H,1H3,(H3,17,18). The Labute approximate surface area is 118 Å². The van der Waals surface area contributed by atoms with Crippen molar-refractivity contribution in [3.8, 4) is 11.5 Å². The van der Waals surface area contributed by atoms with Crippen molar-refractivity contribution in [2.45, 2.75) is 6.92 Å². The monoisotopic (exact) mass is 322 g/mol. The van der Waals surface area contributed by atoms with Crippen LogP contribution in [-0.2, 0) is 0 Å². The van der Waals surface area contributed by atoms with Crippen molar-refractivity contribution in [1.82, 2.24) is 0 Å². The molecule has 0 aliphatic carbocycles. The Kier molecular flexibility index (Phi) is 3.85. The molecule has 0 atom stereocenters. The van der Waals surface area contributed by atoms with Crippen LogP contribution >= 0.6 is 15.9 Å². The lowest BCUT2D eigenvalue weighted by Gasteiger charge is -2.11. The van der Waals surface area contributed by atoms with Crippen molar-refractivity contribution >= 4 is 21.8 Å². The molecule has 2 rings (SSSR count). The fourth-order valence-electron chi connectivity index (χ4n) is 1.60. The van der Waals surface area contributed by atoms with Gasteiger partial charge in [-0.3, -0.25) is 5.41 Å². The SMILES string of the molecule is Cc1ccc(C(=N)N)c(Oc2ccc(Br)c(F)c2)c1. The van der Waals surface area contributed by atoms with Gasteiger partial charge in [0.15, 0.2) is 0 Å². The molecule has 0 saturated heterocycles. The van der Waals surface area contributed by atoms with Crippen LogP contribution in [-0.4, -0.2) is 5.84 Å². The van der Waals surface area contributed by atoms with Gasteiger partial charge >= 0.3 is 0 Å². The fourth-order valence-corrected chi connectivity index (χ4v) is 1.85. The highest BCUT2D eigenvalue weighted by molar-refractivity contribution is 9.10. The van der Waals surface area contributed by atoms with Crippen molar-refractivity contribution in [2.24, 2.45) is 5.73 Å². The lowest BCUT2D eigenvalue weighted by Crippen LogP contribution is -2.12. The number of nitrogens with two attached hydrogens (primary N) is 1. The predicted molar refractivity (Wildman–Crippen MR) is 76.4 cm³/mol. The van der Waals surface area contributed by atoms with Gasteiger partial charge in [-0.05, 0) is 52.7 Å². The van der Waals surface area contributed by atoms with Crippen molar-refractivity contribution in [2.75, 3.05) is 0 Å². The summed E-state index contributed by atoms with van der Waals surface area (Å²) >= 11 is 3.08. The maximum Gasteiger partial charge on any atom is 0.141 e. The molecule has 0 fully saturated rings. The second kappa shape index (κ2) is 5.40. The van der Waals surface area contributed by atoms with Gasteiger partial charge in [-0.2, -0.15) is 0 Å². The maximum atomic E-state index is 13.4. The quantitative estimate of drug-likeness (QED) is 0.663. The summed E-state index contributed by atoms with van der Waals surface area (Å²) in [6, 6.07) is 9.79. The lowest BCUT2D eigenvalue weighted by molar-refractivity contribution is 0.475. The topological polar surface area (TPSA) is 59.1 Å². The number of hydrogen-bond donors (Lipinski definition) is 2. The van der Waals surface area contributed by atoms with E-state index in [1.165, 1.54) is 6.07 Å². The van der Waals surface area contributed by atoms with Gasteiger partial charge in [-0.1, -0.05) is 6.07 Å². The third-order valence-electron chi connectivity index (χ3n) is 2.55.